The number of allylic oxidation sites excluding steroid dienone is 2. The van der Waals surface area contributed by atoms with Gasteiger partial charge in [-0.3, -0.25) is 4.99 Å². The maximum Gasteiger partial charge on any atom is 0.0985 e. The minimum Gasteiger partial charge on any atom is -0.266 e. The van der Waals surface area contributed by atoms with Crippen LogP contribution in [0.15, 0.2) is 29.4 Å². The van der Waals surface area contributed by atoms with Crippen LogP contribution < -0.4 is 0 Å². The molecule has 0 fully saturated rings. The molecule has 0 radical (unpaired) electrons. The second kappa shape index (κ2) is 6.36. The molecule has 2 nitrogen and oxygen atoms in total. The Morgan fingerprint density at radius 2 is 2.33 bits per heavy atom. The molecule has 0 rings (SSSR count). The van der Waals surface area contributed by atoms with Gasteiger partial charge >= 0.3 is 0 Å². The number of hydrogen-bond acceptors (Lipinski definition) is 2. The van der Waals surface area contributed by atoms with Gasteiger partial charge in [0.15, 0.2) is 0 Å². The zero-order chi connectivity index (χ0) is 9.40. The molecule has 0 unspecified atom stereocenters. The Labute approximate surface area is 73.9 Å². The van der Waals surface area contributed by atoms with Gasteiger partial charge in [0, 0.05) is 17.5 Å². The van der Waals surface area contributed by atoms with E-state index in [9.17, 15) is 0 Å². The summed E-state index contributed by atoms with van der Waals surface area (Å²) in [5.41, 5.74) is 1.52. The molecule has 0 aliphatic carbocycles. The van der Waals surface area contributed by atoms with Crippen LogP contribution in [0.4, 0.5) is 0 Å². The fourth-order valence-corrected chi connectivity index (χ4v) is 0.718. The highest BCUT2D eigenvalue weighted by Crippen LogP contribution is 1.94. The van der Waals surface area contributed by atoms with Crippen molar-refractivity contribution in [2.24, 2.45) is 4.99 Å². The van der Waals surface area contributed by atoms with E-state index in [4.69, 9.17) is 5.26 Å². The second-order valence-corrected chi connectivity index (χ2v) is 2.57. The number of hydrogen-bond donors (Lipinski definition) is 0. The Kier molecular flexibility index (Phi) is 5.64. The average molecular weight is 162 g/mol. The van der Waals surface area contributed by atoms with Crippen molar-refractivity contribution in [2.75, 3.05) is 0 Å². The molecule has 0 saturated carbocycles. The highest BCUT2D eigenvalue weighted by Gasteiger charge is 1.85. The van der Waals surface area contributed by atoms with E-state index in [2.05, 4.69) is 18.5 Å². The first-order chi connectivity index (χ1) is 5.70. The normalized spacial score (nSPS) is 11.6. The molecule has 12 heavy (non-hydrogen) atoms. The Hall–Kier alpha value is -1.36. The number of nitriles is 1. The average Bonchev–Trinajstić information content (AvgIpc) is 2.04. The van der Waals surface area contributed by atoms with E-state index in [-0.39, 0.29) is 0 Å². The second-order valence-electron chi connectivity index (χ2n) is 2.57. The molecule has 0 aliphatic heterocycles. The van der Waals surface area contributed by atoms with Gasteiger partial charge in [0.1, 0.15) is 0 Å². The van der Waals surface area contributed by atoms with E-state index in [0.29, 0.717) is 5.57 Å². The van der Waals surface area contributed by atoms with Crippen molar-refractivity contribution >= 4 is 5.71 Å². The largest absolute Gasteiger partial charge is 0.266 e. The molecule has 0 atom stereocenters. The van der Waals surface area contributed by atoms with Crippen LogP contribution in [0, 0.1) is 11.3 Å². The summed E-state index contributed by atoms with van der Waals surface area (Å²) >= 11 is 0. The molecule has 0 aliphatic rings. The maximum absolute atomic E-state index is 8.35. The van der Waals surface area contributed by atoms with Crippen molar-refractivity contribution in [2.45, 2.75) is 26.7 Å². The molecule has 0 spiro atoms. The zero-order valence-corrected chi connectivity index (χ0v) is 7.67. The summed E-state index contributed by atoms with van der Waals surface area (Å²) < 4.78 is 0. The quantitative estimate of drug-likeness (QED) is 0.355. The molecule has 2 heteroatoms. The van der Waals surface area contributed by atoms with E-state index >= 15 is 0 Å². The molecule has 0 amide bonds. The Bertz CT molecular complexity index is 241. The third-order valence-corrected chi connectivity index (χ3v) is 1.33. The lowest BCUT2D eigenvalue weighted by atomic mass is 10.2. The van der Waals surface area contributed by atoms with Gasteiger partial charge < -0.3 is 0 Å². The molecule has 0 aromatic carbocycles. The monoisotopic (exact) mass is 162 g/mol. The van der Waals surface area contributed by atoms with E-state index in [1.807, 2.05) is 13.0 Å². The molecule has 0 heterocycles. The highest BCUT2D eigenvalue weighted by molar-refractivity contribution is 5.82. The van der Waals surface area contributed by atoms with E-state index in [1.54, 1.807) is 12.3 Å². The number of aliphatic imine (C=N–C) groups is 1. The summed E-state index contributed by atoms with van der Waals surface area (Å²) in [5, 5.41) is 8.35. The maximum atomic E-state index is 8.35. The van der Waals surface area contributed by atoms with E-state index < -0.39 is 0 Å². The predicted octanol–water partition coefficient (Wildman–Crippen LogP) is 2.84. The first kappa shape index (κ1) is 10.6. The van der Waals surface area contributed by atoms with Crippen molar-refractivity contribution in [3.63, 3.8) is 0 Å². The fraction of sp³-hybridized carbons (Fsp3) is 0.400. The Balaban J connectivity index is 3.96. The first-order valence-electron chi connectivity index (χ1n) is 3.99. The highest BCUT2D eigenvalue weighted by atomic mass is 14.7. The molecule has 0 aromatic rings. The van der Waals surface area contributed by atoms with Gasteiger partial charge in [0.05, 0.1) is 6.07 Å². The van der Waals surface area contributed by atoms with Crippen LogP contribution in [0.1, 0.15) is 26.7 Å². The van der Waals surface area contributed by atoms with Crippen molar-refractivity contribution in [1.29, 1.82) is 5.26 Å². The molecular formula is C10H14N2. The summed E-state index contributed by atoms with van der Waals surface area (Å²) in [7, 11) is 0. The van der Waals surface area contributed by atoms with Gasteiger partial charge in [-0.1, -0.05) is 19.9 Å². The lowest BCUT2D eigenvalue weighted by molar-refractivity contribution is 0.987. The Morgan fingerprint density at radius 3 is 2.83 bits per heavy atom. The van der Waals surface area contributed by atoms with Gasteiger partial charge in [0.2, 0.25) is 0 Å². The van der Waals surface area contributed by atoms with Crippen LogP contribution in [-0.4, -0.2) is 5.71 Å². The summed E-state index contributed by atoms with van der Waals surface area (Å²) in [6, 6.07) is 1.92. The summed E-state index contributed by atoms with van der Waals surface area (Å²) in [4.78, 5) is 4.13. The van der Waals surface area contributed by atoms with Gasteiger partial charge in [-0.25, -0.2) is 0 Å². The van der Waals surface area contributed by atoms with Gasteiger partial charge in [0.25, 0.3) is 0 Å². The molecule has 64 valence electrons. The van der Waals surface area contributed by atoms with Crippen LogP contribution >= 0.6 is 0 Å². The third kappa shape index (κ3) is 5.43. The third-order valence-electron chi connectivity index (χ3n) is 1.33. The van der Waals surface area contributed by atoms with Crippen LogP contribution in [0.2, 0.25) is 0 Å². The smallest absolute Gasteiger partial charge is 0.0985 e. The van der Waals surface area contributed by atoms with Crippen molar-refractivity contribution in [3.05, 3.63) is 24.4 Å². The first-order valence-corrected chi connectivity index (χ1v) is 3.99. The minimum absolute atomic E-state index is 0.433. The Morgan fingerprint density at radius 1 is 1.67 bits per heavy atom. The summed E-state index contributed by atoms with van der Waals surface area (Å²) in [6.45, 7) is 7.58. The summed E-state index contributed by atoms with van der Waals surface area (Å²) in [5.74, 6) is 0. The molecule has 0 aromatic heterocycles. The van der Waals surface area contributed by atoms with E-state index in [0.717, 1.165) is 18.6 Å². The van der Waals surface area contributed by atoms with Crippen LogP contribution in [0.3, 0.4) is 0 Å². The van der Waals surface area contributed by atoms with E-state index in [1.165, 1.54) is 0 Å². The van der Waals surface area contributed by atoms with Crippen molar-refractivity contribution in [3.8, 4) is 6.07 Å². The van der Waals surface area contributed by atoms with Crippen LogP contribution in [-0.2, 0) is 0 Å². The van der Waals surface area contributed by atoms with Crippen LogP contribution in [0.5, 0.6) is 0 Å². The lowest BCUT2D eigenvalue weighted by Gasteiger charge is -1.91. The van der Waals surface area contributed by atoms with Crippen molar-refractivity contribution in [1.82, 2.24) is 0 Å². The number of nitrogens with zero attached hydrogens (tertiary/aromatic N) is 2. The fourth-order valence-electron chi connectivity index (χ4n) is 0.718. The van der Waals surface area contributed by atoms with Crippen LogP contribution in [0.25, 0.3) is 0 Å². The molecule has 0 N–H and O–H groups in total. The standard InChI is InChI=1S/C10H14N2/c1-4-5-10(3)12-7-6-9(2)8-11/h6-7H,2,4-5H2,1,3H3/b7-6-,12-10?. The molecular weight excluding hydrogens is 148 g/mol. The minimum atomic E-state index is 0.433. The SMILES string of the molecule is C=C(C#N)/C=C\N=C(C)CCC. The topological polar surface area (TPSA) is 36.1 Å². The van der Waals surface area contributed by atoms with Crippen molar-refractivity contribution < 1.29 is 0 Å². The summed E-state index contributed by atoms with van der Waals surface area (Å²) in [6.07, 6.45) is 5.33. The van der Waals surface area contributed by atoms with Gasteiger partial charge in [-0.15, -0.1) is 0 Å². The lowest BCUT2D eigenvalue weighted by Crippen LogP contribution is -1.87. The zero-order valence-electron chi connectivity index (χ0n) is 7.67. The molecule has 0 bridgehead atoms. The number of rotatable bonds is 4. The molecule has 0 saturated heterocycles. The van der Waals surface area contributed by atoms with Gasteiger partial charge in [-0.05, 0) is 19.4 Å². The van der Waals surface area contributed by atoms with Gasteiger partial charge in [-0.2, -0.15) is 5.26 Å². The predicted molar refractivity (Wildman–Crippen MR) is 51.9 cm³/mol.